The van der Waals surface area contributed by atoms with Crippen molar-refractivity contribution in [1.29, 1.82) is 5.41 Å². The quantitative estimate of drug-likeness (QED) is 0.220. The molecular weight excluding hydrogens is 118 g/mol. The molecule has 0 unspecified atom stereocenters. The van der Waals surface area contributed by atoms with Crippen molar-refractivity contribution in [1.82, 2.24) is 0 Å². The molecule has 0 radical (unpaired) electrons. The largest absolute Gasteiger partial charge is 0.412 e. The van der Waals surface area contributed by atoms with Gasteiger partial charge < -0.3 is 33.4 Å². The minimum absolute atomic E-state index is 0. The first-order chi connectivity index (χ1) is 1.73. The monoisotopic (exact) mass is 131 g/mol. The highest BCUT2D eigenvalue weighted by Crippen LogP contribution is 1.13. The lowest BCUT2D eigenvalue weighted by molar-refractivity contribution is 0.823. The molecule has 0 aromatic heterocycles. The number of guanidine groups is 1. The first-order valence-corrected chi connectivity index (χ1v) is 0.827. The molecule has 0 atom stereocenters. The third-order valence-electron chi connectivity index (χ3n) is 0. The van der Waals surface area contributed by atoms with Gasteiger partial charge in [-0.15, -0.1) is 0 Å². The molecule has 7 nitrogen and oxygen atoms in total. The first-order valence-electron chi connectivity index (χ1n) is 0.827. The Morgan fingerprint density at radius 2 is 0.875 bits per heavy atom. The summed E-state index contributed by atoms with van der Waals surface area (Å²) < 4.78 is 0. The molecule has 0 aliphatic heterocycles. The van der Waals surface area contributed by atoms with Crippen LogP contribution in [0.4, 0.5) is 0 Å². The fraction of sp³-hybridized carbons (Fsp3) is 0. The predicted octanol–water partition coefficient (Wildman–Crippen LogP) is -4.46. The van der Waals surface area contributed by atoms with E-state index in [0.717, 1.165) is 0 Å². The van der Waals surface area contributed by atoms with Crippen molar-refractivity contribution < 1.29 is 21.9 Å². The topological polar surface area (TPSA) is 202 Å². The van der Waals surface area contributed by atoms with Gasteiger partial charge in [0.25, 0.3) is 0 Å². The highest BCUT2D eigenvalue weighted by atomic mass is 16.0. The predicted molar refractivity (Wildman–Crippen MR) is 30.6 cm³/mol. The van der Waals surface area contributed by atoms with Gasteiger partial charge in [0.1, 0.15) is 0 Å². The fourth-order valence-electron chi connectivity index (χ4n) is 0. The van der Waals surface area contributed by atoms with E-state index in [-0.39, 0.29) is 27.9 Å². The van der Waals surface area contributed by atoms with Crippen LogP contribution < -0.4 is 11.5 Å². The number of nitrogens with two attached hydrogens (primary N) is 2. The van der Waals surface area contributed by atoms with E-state index < -0.39 is 0 Å². The second kappa shape index (κ2) is 35.8. The molecule has 56 valence electrons. The van der Waals surface area contributed by atoms with Crippen LogP contribution in [-0.4, -0.2) is 27.9 Å². The number of rotatable bonds is 0. The summed E-state index contributed by atoms with van der Waals surface area (Å²) in [6, 6.07) is 0. The van der Waals surface area contributed by atoms with Crippen LogP contribution in [-0.2, 0) is 0 Å². The molecule has 0 heterocycles. The highest BCUT2D eigenvalue weighted by Gasteiger charge is 1.52. The summed E-state index contributed by atoms with van der Waals surface area (Å²) in [5.74, 6) is -0.333. The molecule has 0 aliphatic rings. The molecular formula is CH13N3O4. The van der Waals surface area contributed by atoms with Gasteiger partial charge in [0.2, 0.25) is 0 Å². The minimum atomic E-state index is -0.333. The average Bonchev–Trinajstić information content (AvgIpc) is 0.811. The summed E-state index contributed by atoms with van der Waals surface area (Å²) in [4.78, 5) is 0. The van der Waals surface area contributed by atoms with Gasteiger partial charge in [-0.2, -0.15) is 0 Å². The van der Waals surface area contributed by atoms with Gasteiger partial charge >= 0.3 is 0 Å². The van der Waals surface area contributed by atoms with E-state index in [0.29, 0.717) is 0 Å². The molecule has 0 amide bonds. The van der Waals surface area contributed by atoms with Crippen molar-refractivity contribution in [3.05, 3.63) is 0 Å². The van der Waals surface area contributed by atoms with Crippen LogP contribution >= 0.6 is 0 Å². The molecule has 0 aliphatic carbocycles. The maximum atomic E-state index is 6.06. The average molecular weight is 131 g/mol. The van der Waals surface area contributed by atoms with E-state index in [4.69, 9.17) is 5.41 Å². The van der Waals surface area contributed by atoms with E-state index in [1.807, 2.05) is 0 Å². The summed E-state index contributed by atoms with van der Waals surface area (Å²) in [5.41, 5.74) is 8.94. The molecule has 0 aromatic carbocycles. The lowest BCUT2D eigenvalue weighted by Gasteiger charge is -1.69. The molecule has 8 heavy (non-hydrogen) atoms. The molecule has 0 aromatic rings. The van der Waals surface area contributed by atoms with Crippen molar-refractivity contribution in [3.63, 3.8) is 0 Å². The van der Waals surface area contributed by atoms with Gasteiger partial charge in [0.15, 0.2) is 5.96 Å². The molecule has 0 spiro atoms. The lowest BCUT2D eigenvalue weighted by Crippen LogP contribution is -2.20. The van der Waals surface area contributed by atoms with Gasteiger partial charge in [-0.05, 0) is 0 Å². The van der Waals surface area contributed by atoms with Crippen LogP contribution in [0.25, 0.3) is 0 Å². The molecule has 0 saturated carbocycles. The number of nitrogens with one attached hydrogen (secondary N) is 1. The van der Waals surface area contributed by atoms with Crippen LogP contribution in [0.3, 0.4) is 0 Å². The third-order valence-corrected chi connectivity index (χ3v) is 0. The van der Waals surface area contributed by atoms with Crippen molar-refractivity contribution in [2.75, 3.05) is 0 Å². The minimum Gasteiger partial charge on any atom is -0.412 e. The zero-order valence-electron chi connectivity index (χ0n) is 4.15. The maximum absolute atomic E-state index is 6.06. The Hall–Kier alpha value is -0.890. The summed E-state index contributed by atoms with van der Waals surface area (Å²) in [7, 11) is 0. The van der Waals surface area contributed by atoms with Crippen LogP contribution in [0.1, 0.15) is 0 Å². The van der Waals surface area contributed by atoms with Crippen molar-refractivity contribution in [2.24, 2.45) is 11.5 Å². The van der Waals surface area contributed by atoms with Crippen LogP contribution in [0.2, 0.25) is 0 Å². The van der Waals surface area contributed by atoms with Gasteiger partial charge in [-0.1, -0.05) is 0 Å². The summed E-state index contributed by atoms with van der Waals surface area (Å²) in [6.45, 7) is 0. The number of hydrogen-bond acceptors (Lipinski definition) is 1. The second-order valence-electron chi connectivity index (χ2n) is 0.455. The fourth-order valence-corrected chi connectivity index (χ4v) is 0. The van der Waals surface area contributed by atoms with Gasteiger partial charge in [-0.25, -0.2) is 0 Å². The Bertz CT molecular complexity index is 34.3. The Kier molecular flexibility index (Phi) is 267. The Morgan fingerprint density at radius 1 is 0.875 bits per heavy atom. The van der Waals surface area contributed by atoms with Crippen LogP contribution in [0, 0.1) is 5.41 Å². The smallest absolute Gasteiger partial charge is 0.183 e. The molecule has 7 heteroatoms. The zero-order valence-corrected chi connectivity index (χ0v) is 4.15. The normalized spacial score (nSPS) is 3.00. The van der Waals surface area contributed by atoms with Crippen LogP contribution in [0.5, 0.6) is 0 Å². The zero-order chi connectivity index (χ0) is 3.58. The second-order valence-corrected chi connectivity index (χ2v) is 0.455. The standard InChI is InChI=1S/CH5N3.4H2O/c2-1(3)4;;;;/h(H5,2,3,4);4*1H2. The third kappa shape index (κ3) is 109. The summed E-state index contributed by atoms with van der Waals surface area (Å²) >= 11 is 0. The van der Waals surface area contributed by atoms with E-state index in [1.54, 1.807) is 0 Å². The molecule has 0 bridgehead atoms. The van der Waals surface area contributed by atoms with Crippen molar-refractivity contribution in [2.45, 2.75) is 0 Å². The van der Waals surface area contributed by atoms with Gasteiger partial charge in [0, 0.05) is 0 Å². The van der Waals surface area contributed by atoms with E-state index in [9.17, 15) is 0 Å². The summed E-state index contributed by atoms with van der Waals surface area (Å²) in [6.07, 6.45) is 0. The number of hydrogen-bond donors (Lipinski definition) is 3. The Morgan fingerprint density at radius 3 is 0.875 bits per heavy atom. The molecule has 0 fully saturated rings. The first kappa shape index (κ1) is 59.6. The highest BCUT2D eigenvalue weighted by molar-refractivity contribution is 5.71. The lowest BCUT2D eigenvalue weighted by atomic mass is 11.1. The van der Waals surface area contributed by atoms with Crippen LogP contribution in [0.15, 0.2) is 0 Å². The maximum Gasteiger partial charge on any atom is 0.183 e. The molecule has 0 saturated heterocycles. The Labute approximate surface area is 46.0 Å². The van der Waals surface area contributed by atoms with Crippen molar-refractivity contribution >= 4 is 5.96 Å². The molecule has 13 N–H and O–H groups in total. The Balaban J connectivity index is -0.00000000750. The SMILES string of the molecule is N=C(N)N.O.O.O.O. The van der Waals surface area contributed by atoms with Crippen molar-refractivity contribution in [3.8, 4) is 0 Å². The molecule has 0 rings (SSSR count). The summed E-state index contributed by atoms with van der Waals surface area (Å²) in [5, 5.41) is 6.06. The van der Waals surface area contributed by atoms with E-state index in [2.05, 4.69) is 11.5 Å². The van der Waals surface area contributed by atoms with E-state index >= 15 is 0 Å². The van der Waals surface area contributed by atoms with Gasteiger partial charge in [0.05, 0.1) is 0 Å². The van der Waals surface area contributed by atoms with E-state index in [1.165, 1.54) is 0 Å². The van der Waals surface area contributed by atoms with Gasteiger partial charge in [-0.3, -0.25) is 5.41 Å².